The summed E-state index contributed by atoms with van der Waals surface area (Å²) in [5.74, 6) is 1.44. The van der Waals surface area contributed by atoms with Gasteiger partial charge in [0.1, 0.15) is 11.0 Å². The smallest absolute Gasteiger partial charge is 0.240 e. The molecular weight excluding hydrogens is 424 g/mol. The maximum Gasteiger partial charge on any atom is 0.240 e. The average molecular weight is 451 g/mol. The zero-order valence-corrected chi connectivity index (χ0v) is 18.8. The molecule has 0 bridgehead atoms. The van der Waals surface area contributed by atoms with E-state index in [9.17, 15) is 4.79 Å². The summed E-state index contributed by atoms with van der Waals surface area (Å²) in [6.07, 6.45) is 1.80. The van der Waals surface area contributed by atoms with Crippen LogP contribution in [0.25, 0.3) is 11.4 Å². The number of nitrogens with zero attached hydrogens (tertiary/aromatic N) is 4. The number of carbonyl (C=O) groups excluding carboxylic acids is 1. The first-order chi connectivity index (χ1) is 15.7. The molecule has 4 rings (SSSR count). The summed E-state index contributed by atoms with van der Waals surface area (Å²) in [6, 6.07) is 17.5. The first kappa shape index (κ1) is 22.1. The molecule has 8 heteroatoms. The van der Waals surface area contributed by atoms with Crippen LogP contribution in [-0.4, -0.2) is 59.0 Å². The van der Waals surface area contributed by atoms with Gasteiger partial charge in [-0.05, 0) is 17.7 Å². The summed E-state index contributed by atoms with van der Waals surface area (Å²) in [5.41, 5.74) is 1.77. The highest BCUT2D eigenvalue weighted by Gasteiger charge is 2.30. The molecule has 166 valence electrons. The molecule has 0 N–H and O–H groups in total. The molecule has 1 fully saturated rings. The van der Waals surface area contributed by atoms with E-state index in [1.54, 1.807) is 13.2 Å². The summed E-state index contributed by atoms with van der Waals surface area (Å²) in [5, 5.41) is 9.12. The number of morpholine rings is 1. The predicted octanol–water partition coefficient (Wildman–Crippen LogP) is 3.83. The Morgan fingerprint density at radius 2 is 1.88 bits per heavy atom. The lowest BCUT2D eigenvalue weighted by atomic mass is 10.1. The Bertz CT molecular complexity index is 1060. The van der Waals surface area contributed by atoms with Gasteiger partial charge in [-0.3, -0.25) is 9.36 Å². The molecule has 1 saturated heterocycles. The molecule has 7 nitrogen and oxygen atoms in total. The lowest BCUT2D eigenvalue weighted by Crippen LogP contribution is -2.42. The van der Waals surface area contributed by atoms with E-state index in [-0.39, 0.29) is 5.91 Å². The fourth-order valence-corrected chi connectivity index (χ4v) is 4.77. The van der Waals surface area contributed by atoms with Crippen LogP contribution in [0.1, 0.15) is 10.8 Å². The van der Waals surface area contributed by atoms with Crippen LogP contribution in [0.15, 0.2) is 72.4 Å². The highest BCUT2D eigenvalue weighted by atomic mass is 32.2. The molecule has 2 heterocycles. The number of hydrogen-bond acceptors (Lipinski definition) is 6. The number of methoxy groups -OCH3 is 1. The van der Waals surface area contributed by atoms with Crippen molar-refractivity contribution in [3.8, 4) is 17.1 Å². The summed E-state index contributed by atoms with van der Waals surface area (Å²) in [7, 11) is 1.63. The van der Waals surface area contributed by atoms with Crippen LogP contribution in [0, 0.1) is 0 Å². The Balaban J connectivity index is 1.71. The van der Waals surface area contributed by atoms with Crippen molar-refractivity contribution in [2.75, 3.05) is 33.4 Å². The number of carbonyl (C=O) groups is 1. The van der Waals surface area contributed by atoms with Gasteiger partial charge < -0.3 is 14.4 Å². The molecular formula is C24H26N4O3S. The van der Waals surface area contributed by atoms with Gasteiger partial charge in [0.25, 0.3) is 0 Å². The SMILES string of the molecule is C=CCn1c(S[C@@H](C(=O)N2CCOCC2)c2ccccc2)nnc1-c1ccccc1OC. The van der Waals surface area contributed by atoms with Crippen LogP contribution in [0.3, 0.4) is 0 Å². The van der Waals surface area contributed by atoms with Gasteiger partial charge in [-0.2, -0.15) is 0 Å². The van der Waals surface area contributed by atoms with E-state index >= 15 is 0 Å². The van der Waals surface area contributed by atoms with E-state index in [4.69, 9.17) is 9.47 Å². The second-order valence-electron chi connectivity index (χ2n) is 7.25. The summed E-state index contributed by atoms with van der Waals surface area (Å²) < 4.78 is 12.9. The number of ether oxygens (including phenoxy) is 2. The van der Waals surface area contributed by atoms with Gasteiger partial charge in [0.05, 0.1) is 25.9 Å². The van der Waals surface area contributed by atoms with E-state index in [2.05, 4.69) is 16.8 Å². The fourth-order valence-electron chi connectivity index (χ4n) is 3.64. The molecule has 1 aliphatic rings. The fraction of sp³-hybridized carbons (Fsp3) is 0.292. The van der Waals surface area contributed by atoms with Crippen LogP contribution in [0.4, 0.5) is 0 Å². The number of hydrogen-bond donors (Lipinski definition) is 0. The number of aromatic nitrogens is 3. The van der Waals surface area contributed by atoms with Crippen molar-refractivity contribution in [2.45, 2.75) is 17.0 Å². The van der Waals surface area contributed by atoms with Gasteiger partial charge in [0.15, 0.2) is 11.0 Å². The lowest BCUT2D eigenvalue weighted by Gasteiger charge is -2.30. The molecule has 0 spiro atoms. The van der Waals surface area contributed by atoms with Gasteiger partial charge in [-0.15, -0.1) is 16.8 Å². The van der Waals surface area contributed by atoms with Crippen LogP contribution >= 0.6 is 11.8 Å². The van der Waals surface area contributed by atoms with Crippen molar-refractivity contribution in [3.63, 3.8) is 0 Å². The van der Waals surface area contributed by atoms with E-state index in [1.807, 2.05) is 64.1 Å². The maximum absolute atomic E-state index is 13.5. The molecule has 0 unspecified atom stereocenters. The lowest BCUT2D eigenvalue weighted by molar-refractivity contribution is -0.134. The standard InChI is InChI=1S/C24H26N4O3S/c1-3-13-28-22(19-11-7-8-12-20(19)30-2)25-26-24(28)32-21(18-9-5-4-6-10-18)23(29)27-14-16-31-17-15-27/h3-12,21H,1,13-17H2,2H3/t21-/m1/s1. The highest BCUT2D eigenvalue weighted by molar-refractivity contribution is 8.00. The normalized spacial score (nSPS) is 14.7. The Labute approximate surface area is 192 Å². The van der Waals surface area contributed by atoms with Gasteiger partial charge in [0, 0.05) is 19.6 Å². The minimum absolute atomic E-state index is 0.0523. The number of thioether (sulfide) groups is 1. The van der Waals surface area contributed by atoms with E-state index in [1.165, 1.54) is 11.8 Å². The Hall–Kier alpha value is -3.10. The third-order valence-corrected chi connectivity index (χ3v) is 6.47. The Morgan fingerprint density at radius 3 is 2.59 bits per heavy atom. The van der Waals surface area contributed by atoms with Crippen LogP contribution in [-0.2, 0) is 16.1 Å². The van der Waals surface area contributed by atoms with Crippen molar-refractivity contribution in [1.29, 1.82) is 0 Å². The predicted molar refractivity (Wildman–Crippen MR) is 125 cm³/mol. The first-order valence-electron chi connectivity index (χ1n) is 10.5. The van der Waals surface area contributed by atoms with Crippen LogP contribution in [0.2, 0.25) is 0 Å². The molecule has 0 saturated carbocycles. The van der Waals surface area contributed by atoms with Crippen LogP contribution < -0.4 is 4.74 Å². The number of rotatable bonds is 8. The third-order valence-electron chi connectivity index (χ3n) is 5.25. The Morgan fingerprint density at radius 1 is 1.16 bits per heavy atom. The summed E-state index contributed by atoms with van der Waals surface area (Å²) in [4.78, 5) is 15.4. The molecule has 1 amide bonds. The number of benzene rings is 2. The van der Waals surface area contributed by atoms with Crippen molar-refractivity contribution in [1.82, 2.24) is 19.7 Å². The quantitative estimate of drug-likeness (QED) is 0.384. The molecule has 1 atom stereocenters. The summed E-state index contributed by atoms with van der Waals surface area (Å²) in [6.45, 7) is 6.70. The minimum atomic E-state index is -0.437. The maximum atomic E-state index is 13.5. The average Bonchev–Trinajstić information content (AvgIpc) is 3.25. The van der Waals surface area contributed by atoms with Gasteiger partial charge in [-0.25, -0.2) is 0 Å². The van der Waals surface area contributed by atoms with Crippen molar-refractivity contribution in [3.05, 3.63) is 72.8 Å². The zero-order valence-electron chi connectivity index (χ0n) is 18.0. The number of allylic oxidation sites excluding steroid dienone is 1. The largest absolute Gasteiger partial charge is 0.496 e. The van der Waals surface area contributed by atoms with Gasteiger partial charge in [-0.1, -0.05) is 60.3 Å². The summed E-state index contributed by atoms with van der Waals surface area (Å²) >= 11 is 1.41. The third kappa shape index (κ3) is 4.71. The van der Waals surface area contributed by atoms with Gasteiger partial charge >= 0.3 is 0 Å². The first-order valence-corrected chi connectivity index (χ1v) is 11.4. The van der Waals surface area contributed by atoms with Crippen LogP contribution in [0.5, 0.6) is 5.75 Å². The molecule has 0 radical (unpaired) electrons. The van der Waals surface area contributed by atoms with Crippen molar-refractivity contribution < 1.29 is 14.3 Å². The van der Waals surface area contributed by atoms with Crippen molar-refractivity contribution in [2.24, 2.45) is 0 Å². The van der Waals surface area contributed by atoms with E-state index in [0.717, 1.165) is 11.1 Å². The number of amides is 1. The van der Waals surface area contributed by atoms with Crippen molar-refractivity contribution >= 4 is 17.7 Å². The molecule has 0 aliphatic carbocycles. The van der Waals surface area contributed by atoms with Gasteiger partial charge in [0.2, 0.25) is 5.91 Å². The molecule has 1 aliphatic heterocycles. The topological polar surface area (TPSA) is 69.5 Å². The second-order valence-corrected chi connectivity index (χ2v) is 8.32. The highest BCUT2D eigenvalue weighted by Crippen LogP contribution is 2.38. The molecule has 2 aromatic carbocycles. The van der Waals surface area contributed by atoms with E-state index < -0.39 is 5.25 Å². The van der Waals surface area contributed by atoms with E-state index in [0.29, 0.717) is 49.6 Å². The number of para-hydroxylation sites is 1. The Kier molecular flexibility index (Phi) is 7.24. The molecule has 32 heavy (non-hydrogen) atoms. The molecule has 3 aromatic rings. The monoisotopic (exact) mass is 450 g/mol. The second kappa shape index (κ2) is 10.5. The minimum Gasteiger partial charge on any atom is -0.496 e. The zero-order chi connectivity index (χ0) is 22.3. The molecule has 1 aromatic heterocycles.